The van der Waals surface area contributed by atoms with Crippen molar-refractivity contribution in [1.29, 1.82) is 0 Å². The molecule has 1 aromatic rings. The first-order valence-corrected chi connectivity index (χ1v) is 7.48. The predicted molar refractivity (Wildman–Crippen MR) is 73.1 cm³/mol. The first-order valence-electron chi connectivity index (χ1n) is 6.53. The van der Waals surface area contributed by atoms with Crippen molar-refractivity contribution in [2.75, 3.05) is 19.7 Å². The number of hydrogen-bond acceptors (Lipinski definition) is 6. The van der Waals surface area contributed by atoms with Gasteiger partial charge in [-0.2, -0.15) is 11.3 Å². The Morgan fingerprint density at radius 3 is 2.68 bits per heavy atom. The summed E-state index contributed by atoms with van der Waals surface area (Å²) in [6.07, 6.45) is -1.41. The number of likely N-dealkylation sites (tertiary alicyclic amines) is 1. The van der Waals surface area contributed by atoms with E-state index in [1.54, 1.807) is 11.3 Å². The van der Waals surface area contributed by atoms with Gasteiger partial charge in [0.1, 0.15) is 12.2 Å². The quantitative estimate of drug-likeness (QED) is 0.583. The standard InChI is InChI=1S/C13H21NO4S/c15-7-10-12(17)13(18)11(16)6-14(10)4-1-2-9-3-5-19-8-9/h3,5,8,10-13,15-18H,1-2,4,6-7H2. The molecule has 2 heterocycles. The molecule has 2 rings (SSSR count). The first kappa shape index (κ1) is 14.9. The van der Waals surface area contributed by atoms with Gasteiger partial charge in [0, 0.05) is 6.54 Å². The molecule has 4 atom stereocenters. The summed E-state index contributed by atoms with van der Waals surface area (Å²) in [6.45, 7) is 0.748. The summed E-state index contributed by atoms with van der Waals surface area (Å²) < 4.78 is 0. The summed E-state index contributed by atoms with van der Waals surface area (Å²) in [5, 5.41) is 42.6. The molecule has 0 saturated carbocycles. The number of β-amino-alcohol motifs (C(OH)–C–C–N with tert-alkyl or cyclic N) is 1. The number of rotatable bonds is 5. The zero-order valence-electron chi connectivity index (χ0n) is 10.7. The minimum atomic E-state index is -1.18. The van der Waals surface area contributed by atoms with E-state index < -0.39 is 24.4 Å². The Kier molecular flexibility index (Phi) is 5.32. The van der Waals surface area contributed by atoms with Crippen LogP contribution in [0.5, 0.6) is 0 Å². The van der Waals surface area contributed by atoms with Crippen molar-refractivity contribution in [2.24, 2.45) is 0 Å². The highest BCUT2D eigenvalue weighted by molar-refractivity contribution is 7.07. The average Bonchev–Trinajstić information content (AvgIpc) is 2.89. The second kappa shape index (κ2) is 6.78. The van der Waals surface area contributed by atoms with Gasteiger partial charge in [0.25, 0.3) is 0 Å². The van der Waals surface area contributed by atoms with E-state index in [4.69, 9.17) is 0 Å². The lowest BCUT2D eigenvalue weighted by molar-refractivity contribution is -0.145. The van der Waals surface area contributed by atoms with Crippen LogP contribution in [0.25, 0.3) is 0 Å². The lowest BCUT2D eigenvalue weighted by Gasteiger charge is -2.43. The topological polar surface area (TPSA) is 84.2 Å². The normalized spacial score (nSPS) is 32.6. The Morgan fingerprint density at radius 1 is 1.26 bits per heavy atom. The largest absolute Gasteiger partial charge is 0.395 e. The number of aliphatic hydroxyl groups is 4. The van der Waals surface area contributed by atoms with E-state index >= 15 is 0 Å². The van der Waals surface area contributed by atoms with Crippen LogP contribution in [0.4, 0.5) is 0 Å². The lowest BCUT2D eigenvalue weighted by Crippen LogP contribution is -2.62. The first-order chi connectivity index (χ1) is 9.13. The minimum Gasteiger partial charge on any atom is -0.395 e. The van der Waals surface area contributed by atoms with E-state index in [0.717, 1.165) is 12.8 Å². The Balaban J connectivity index is 1.87. The van der Waals surface area contributed by atoms with Crippen LogP contribution < -0.4 is 0 Å². The minimum absolute atomic E-state index is 0.219. The molecule has 5 nitrogen and oxygen atoms in total. The van der Waals surface area contributed by atoms with Crippen molar-refractivity contribution in [3.05, 3.63) is 22.4 Å². The molecule has 0 aliphatic carbocycles. The van der Waals surface area contributed by atoms with E-state index in [-0.39, 0.29) is 13.2 Å². The molecular formula is C13H21NO4S. The third-order valence-electron chi connectivity index (χ3n) is 3.71. The van der Waals surface area contributed by atoms with Crippen LogP contribution in [0.2, 0.25) is 0 Å². The molecule has 4 unspecified atom stereocenters. The molecule has 1 saturated heterocycles. The summed E-state index contributed by atoms with van der Waals surface area (Å²) in [4.78, 5) is 1.86. The molecule has 1 aliphatic heterocycles. The van der Waals surface area contributed by atoms with Crippen LogP contribution in [0.3, 0.4) is 0 Å². The number of aryl methyl sites for hydroxylation is 1. The predicted octanol–water partition coefficient (Wildman–Crippen LogP) is -0.560. The van der Waals surface area contributed by atoms with E-state index in [9.17, 15) is 20.4 Å². The van der Waals surface area contributed by atoms with Crippen LogP contribution in [0, 0.1) is 0 Å². The van der Waals surface area contributed by atoms with Crippen LogP contribution in [0.1, 0.15) is 12.0 Å². The van der Waals surface area contributed by atoms with Gasteiger partial charge >= 0.3 is 0 Å². The zero-order chi connectivity index (χ0) is 13.8. The zero-order valence-corrected chi connectivity index (χ0v) is 11.5. The lowest BCUT2D eigenvalue weighted by atomic mass is 9.94. The molecule has 0 aromatic carbocycles. The highest BCUT2D eigenvalue weighted by Gasteiger charge is 2.40. The summed E-state index contributed by atoms with van der Waals surface area (Å²) in [5.41, 5.74) is 1.28. The summed E-state index contributed by atoms with van der Waals surface area (Å²) in [6, 6.07) is 1.58. The molecule has 0 spiro atoms. The fourth-order valence-electron chi connectivity index (χ4n) is 2.56. The molecule has 108 valence electrons. The Morgan fingerprint density at radius 2 is 2.05 bits per heavy atom. The molecule has 19 heavy (non-hydrogen) atoms. The summed E-state index contributed by atoms with van der Waals surface area (Å²) in [5.74, 6) is 0. The Hall–Kier alpha value is -0.500. The molecular weight excluding hydrogens is 266 g/mol. The molecule has 1 aliphatic rings. The van der Waals surface area contributed by atoms with Gasteiger partial charge in [0.2, 0.25) is 0 Å². The van der Waals surface area contributed by atoms with Crippen LogP contribution in [-0.4, -0.2) is 69.4 Å². The van der Waals surface area contributed by atoms with Crippen molar-refractivity contribution in [2.45, 2.75) is 37.2 Å². The Bertz CT molecular complexity index is 373. The van der Waals surface area contributed by atoms with Crippen molar-refractivity contribution < 1.29 is 20.4 Å². The highest BCUT2D eigenvalue weighted by Crippen LogP contribution is 2.19. The molecule has 0 radical (unpaired) electrons. The highest BCUT2D eigenvalue weighted by atomic mass is 32.1. The van der Waals surface area contributed by atoms with Gasteiger partial charge in [0.15, 0.2) is 0 Å². The van der Waals surface area contributed by atoms with Gasteiger partial charge in [-0.05, 0) is 41.8 Å². The van der Waals surface area contributed by atoms with Crippen molar-refractivity contribution >= 4 is 11.3 Å². The molecule has 0 amide bonds. The fourth-order valence-corrected chi connectivity index (χ4v) is 3.26. The van der Waals surface area contributed by atoms with E-state index in [2.05, 4.69) is 11.4 Å². The number of thiophene rings is 1. The third kappa shape index (κ3) is 3.53. The molecule has 1 aromatic heterocycles. The number of nitrogens with zero attached hydrogens (tertiary/aromatic N) is 1. The van der Waals surface area contributed by atoms with Gasteiger partial charge in [0.05, 0.1) is 18.8 Å². The van der Waals surface area contributed by atoms with Gasteiger partial charge in [-0.15, -0.1) is 0 Å². The average molecular weight is 287 g/mol. The smallest absolute Gasteiger partial charge is 0.109 e. The van der Waals surface area contributed by atoms with E-state index in [1.807, 2.05) is 10.3 Å². The fraction of sp³-hybridized carbons (Fsp3) is 0.692. The Labute approximate surface area is 116 Å². The SMILES string of the molecule is OCC1C(O)C(O)C(O)CN1CCCc1ccsc1. The van der Waals surface area contributed by atoms with Gasteiger partial charge in [-0.1, -0.05) is 0 Å². The van der Waals surface area contributed by atoms with Crippen molar-refractivity contribution in [3.8, 4) is 0 Å². The maximum atomic E-state index is 9.85. The maximum Gasteiger partial charge on any atom is 0.109 e. The second-order valence-electron chi connectivity index (χ2n) is 5.03. The monoisotopic (exact) mass is 287 g/mol. The molecule has 6 heteroatoms. The van der Waals surface area contributed by atoms with Gasteiger partial charge in [-0.3, -0.25) is 4.90 Å². The maximum absolute atomic E-state index is 9.85. The van der Waals surface area contributed by atoms with Crippen LogP contribution in [0.15, 0.2) is 16.8 Å². The number of piperidine rings is 1. The number of hydrogen-bond donors (Lipinski definition) is 4. The molecule has 0 bridgehead atoms. The van der Waals surface area contributed by atoms with E-state index in [0.29, 0.717) is 6.54 Å². The van der Waals surface area contributed by atoms with Crippen molar-refractivity contribution in [1.82, 2.24) is 4.90 Å². The molecule has 4 N–H and O–H groups in total. The van der Waals surface area contributed by atoms with E-state index in [1.165, 1.54) is 5.56 Å². The summed E-state index contributed by atoms with van der Waals surface area (Å²) >= 11 is 1.67. The third-order valence-corrected chi connectivity index (χ3v) is 4.44. The molecule has 1 fully saturated rings. The van der Waals surface area contributed by atoms with Crippen molar-refractivity contribution in [3.63, 3.8) is 0 Å². The van der Waals surface area contributed by atoms with Gasteiger partial charge < -0.3 is 20.4 Å². The van der Waals surface area contributed by atoms with Crippen LogP contribution in [-0.2, 0) is 6.42 Å². The van der Waals surface area contributed by atoms with Gasteiger partial charge in [-0.25, -0.2) is 0 Å². The summed E-state index contributed by atoms with van der Waals surface area (Å²) in [7, 11) is 0. The number of aliphatic hydroxyl groups excluding tert-OH is 4. The second-order valence-corrected chi connectivity index (χ2v) is 5.81. The van der Waals surface area contributed by atoms with Crippen LogP contribution >= 0.6 is 11.3 Å².